The zero-order valence-electron chi connectivity index (χ0n) is 17.6. The van der Waals surface area contributed by atoms with Crippen LogP contribution in [-0.2, 0) is 0 Å². The third-order valence-corrected chi connectivity index (χ3v) is 5.11. The van der Waals surface area contributed by atoms with Gasteiger partial charge in [0, 0.05) is 11.1 Å². The van der Waals surface area contributed by atoms with Gasteiger partial charge in [-0.15, -0.1) is 5.10 Å². The molecule has 0 amide bonds. The van der Waals surface area contributed by atoms with Crippen molar-refractivity contribution in [3.8, 4) is 0 Å². The minimum atomic E-state index is -0.931. The lowest BCUT2D eigenvalue weighted by Crippen LogP contribution is -2.06. The molecular weight excluding hydrogens is 397 g/mol. The number of hydrogen-bond acceptors (Lipinski definition) is 2. The van der Waals surface area contributed by atoms with Crippen LogP contribution in [0.1, 0.15) is 54.9 Å². The Morgan fingerprint density at radius 2 is 1.58 bits per heavy atom. The number of benzene rings is 3. The van der Waals surface area contributed by atoms with Crippen molar-refractivity contribution in [2.24, 2.45) is 10.2 Å². The first-order chi connectivity index (χ1) is 15.0. The molecule has 0 aromatic heterocycles. The largest absolute Gasteiger partial charge is 0.248 e. The second-order valence-electron chi connectivity index (χ2n) is 7.48. The van der Waals surface area contributed by atoms with E-state index in [0.29, 0.717) is 17.7 Å². The van der Waals surface area contributed by atoms with Crippen LogP contribution in [0.3, 0.4) is 0 Å². The summed E-state index contributed by atoms with van der Waals surface area (Å²) in [6.45, 7) is 3.65. The highest BCUT2D eigenvalue weighted by Gasteiger charge is 2.14. The van der Waals surface area contributed by atoms with Crippen LogP contribution in [0.4, 0.5) is 13.2 Å². The van der Waals surface area contributed by atoms with Crippen LogP contribution >= 0.6 is 0 Å². The van der Waals surface area contributed by atoms with E-state index in [9.17, 15) is 13.2 Å². The molecule has 2 nitrogen and oxygen atoms in total. The van der Waals surface area contributed by atoms with Crippen molar-refractivity contribution in [3.05, 3.63) is 107 Å². The molecule has 3 aromatic rings. The van der Waals surface area contributed by atoms with Gasteiger partial charge in [-0.05, 0) is 48.9 Å². The number of halogens is 3. The Balaban J connectivity index is 1.91. The molecule has 0 saturated carbocycles. The Bertz CT molecular complexity index is 1040. The summed E-state index contributed by atoms with van der Waals surface area (Å²) in [4.78, 5) is 0. The highest BCUT2D eigenvalue weighted by Crippen LogP contribution is 2.26. The van der Waals surface area contributed by atoms with Crippen molar-refractivity contribution >= 4 is 11.9 Å². The van der Waals surface area contributed by atoms with Gasteiger partial charge in [-0.25, -0.2) is 13.2 Å². The Hall–Kier alpha value is -3.21. The molecule has 3 aromatic carbocycles. The average Bonchev–Trinajstić information content (AvgIpc) is 2.78. The maximum Gasteiger partial charge on any atom is 0.159 e. The molecule has 0 aliphatic heterocycles. The number of nitrogens with zero attached hydrogens (tertiary/aromatic N) is 2. The zero-order chi connectivity index (χ0) is 22.2. The number of hydrogen-bond donors (Lipinski definition) is 0. The lowest BCUT2D eigenvalue weighted by atomic mass is 9.90. The van der Waals surface area contributed by atoms with E-state index in [1.807, 2.05) is 54.6 Å². The Morgan fingerprint density at radius 3 is 2.19 bits per heavy atom. The third-order valence-electron chi connectivity index (χ3n) is 5.11. The summed E-state index contributed by atoms with van der Waals surface area (Å²) in [5.74, 6) is -1.67. The van der Waals surface area contributed by atoms with Gasteiger partial charge < -0.3 is 0 Å². The molecule has 3 rings (SSSR count). The summed E-state index contributed by atoms with van der Waals surface area (Å²) in [5.41, 5.74) is 3.89. The monoisotopic (exact) mass is 422 g/mol. The molecule has 0 bridgehead atoms. The molecule has 2 atom stereocenters. The summed E-state index contributed by atoms with van der Waals surface area (Å²) in [6.07, 6.45) is 1.90. The van der Waals surface area contributed by atoms with Gasteiger partial charge in [0.1, 0.15) is 5.71 Å². The lowest BCUT2D eigenvalue weighted by Gasteiger charge is -2.16. The first-order valence-electron chi connectivity index (χ1n) is 10.3. The maximum atomic E-state index is 13.5. The highest BCUT2D eigenvalue weighted by atomic mass is 19.2. The Kier molecular flexibility index (Phi) is 7.76. The van der Waals surface area contributed by atoms with Crippen molar-refractivity contribution in [2.75, 3.05) is 0 Å². The molecule has 31 heavy (non-hydrogen) atoms. The molecule has 0 saturated heterocycles. The molecule has 160 valence electrons. The van der Waals surface area contributed by atoms with E-state index in [1.54, 1.807) is 6.92 Å². The SMILES string of the molecule is CCC(CC(C)F)c1ccc(C(=NN=Cc2ccc(F)c(F)c2)c2ccccc2)cc1. The number of rotatable bonds is 8. The second kappa shape index (κ2) is 10.7. The van der Waals surface area contributed by atoms with Crippen LogP contribution in [0, 0.1) is 11.6 Å². The Labute approximate surface area is 181 Å². The molecule has 0 aliphatic carbocycles. The summed E-state index contributed by atoms with van der Waals surface area (Å²) in [7, 11) is 0. The van der Waals surface area contributed by atoms with Crippen LogP contribution in [0.25, 0.3) is 0 Å². The van der Waals surface area contributed by atoms with Gasteiger partial charge in [0.05, 0.1) is 12.4 Å². The van der Waals surface area contributed by atoms with Gasteiger partial charge in [0.15, 0.2) is 11.6 Å². The minimum absolute atomic E-state index is 0.164. The third kappa shape index (κ3) is 6.14. The fraction of sp³-hybridized carbons (Fsp3) is 0.231. The minimum Gasteiger partial charge on any atom is -0.248 e. The van der Waals surface area contributed by atoms with Gasteiger partial charge in [-0.3, -0.25) is 0 Å². The molecule has 0 heterocycles. The molecule has 0 radical (unpaired) electrons. The fourth-order valence-electron chi connectivity index (χ4n) is 3.47. The van der Waals surface area contributed by atoms with Crippen molar-refractivity contribution in [3.63, 3.8) is 0 Å². The highest BCUT2D eigenvalue weighted by molar-refractivity contribution is 6.13. The first kappa shape index (κ1) is 22.5. The van der Waals surface area contributed by atoms with E-state index >= 15 is 0 Å². The van der Waals surface area contributed by atoms with Gasteiger partial charge in [-0.1, -0.05) is 67.6 Å². The van der Waals surface area contributed by atoms with E-state index in [1.165, 1.54) is 12.3 Å². The summed E-state index contributed by atoms with van der Waals surface area (Å²) >= 11 is 0. The molecule has 0 N–H and O–H groups in total. The Morgan fingerprint density at radius 1 is 0.903 bits per heavy atom. The molecule has 0 fully saturated rings. The van der Waals surface area contributed by atoms with Crippen molar-refractivity contribution in [1.82, 2.24) is 0 Å². The number of alkyl halides is 1. The van der Waals surface area contributed by atoms with Crippen molar-refractivity contribution < 1.29 is 13.2 Å². The predicted octanol–water partition coefficient (Wildman–Crippen LogP) is 7.08. The van der Waals surface area contributed by atoms with E-state index in [4.69, 9.17) is 0 Å². The van der Waals surface area contributed by atoms with Gasteiger partial charge in [-0.2, -0.15) is 5.10 Å². The molecular formula is C26H25F3N2. The van der Waals surface area contributed by atoms with Crippen LogP contribution < -0.4 is 0 Å². The molecule has 5 heteroatoms. The topological polar surface area (TPSA) is 24.7 Å². The van der Waals surface area contributed by atoms with Crippen LogP contribution in [-0.4, -0.2) is 18.1 Å². The standard InChI is InChI=1S/C26H25F3N2/c1-3-20(15-18(2)27)21-10-12-23(13-11-21)26(22-7-5-4-6-8-22)31-30-17-19-9-14-24(28)25(29)16-19/h4-14,16-18,20H,3,15H2,1-2H3. The van der Waals surface area contributed by atoms with Crippen molar-refractivity contribution in [1.29, 1.82) is 0 Å². The lowest BCUT2D eigenvalue weighted by molar-refractivity contribution is 0.316. The molecule has 0 spiro atoms. The van der Waals surface area contributed by atoms with E-state index in [-0.39, 0.29) is 5.92 Å². The smallest absolute Gasteiger partial charge is 0.159 e. The van der Waals surface area contributed by atoms with Gasteiger partial charge in [0.2, 0.25) is 0 Å². The summed E-state index contributed by atoms with van der Waals surface area (Å²) < 4.78 is 40.0. The van der Waals surface area contributed by atoms with E-state index in [2.05, 4.69) is 17.1 Å². The summed E-state index contributed by atoms with van der Waals surface area (Å²) in [5, 5.41) is 8.47. The molecule has 0 aliphatic rings. The average molecular weight is 422 g/mol. The fourth-order valence-corrected chi connectivity index (χ4v) is 3.47. The predicted molar refractivity (Wildman–Crippen MR) is 121 cm³/mol. The molecule has 2 unspecified atom stereocenters. The van der Waals surface area contributed by atoms with Crippen LogP contribution in [0.15, 0.2) is 83.0 Å². The van der Waals surface area contributed by atoms with E-state index < -0.39 is 17.8 Å². The van der Waals surface area contributed by atoms with Crippen molar-refractivity contribution in [2.45, 2.75) is 38.8 Å². The van der Waals surface area contributed by atoms with Gasteiger partial charge >= 0.3 is 0 Å². The quantitative estimate of drug-likeness (QED) is 0.274. The maximum absolute atomic E-state index is 13.5. The van der Waals surface area contributed by atoms with Gasteiger partial charge in [0.25, 0.3) is 0 Å². The first-order valence-corrected chi connectivity index (χ1v) is 10.3. The summed E-state index contributed by atoms with van der Waals surface area (Å²) in [6, 6.07) is 21.1. The van der Waals surface area contributed by atoms with Crippen LogP contribution in [0.5, 0.6) is 0 Å². The second-order valence-corrected chi connectivity index (χ2v) is 7.48. The van der Waals surface area contributed by atoms with E-state index in [0.717, 1.165) is 35.2 Å². The zero-order valence-corrected chi connectivity index (χ0v) is 17.6. The normalized spacial score (nSPS) is 14.0. The van der Waals surface area contributed by atoms with Crippen LogP contribution in [0.2, 0.25) is 0 Å².